The molecule has 1 N–H and O–H groups in total. The first-order valence-corrected chi connectivity index (χ1v) is 10.9. The van der Waals surface area contributed by atoms with Crippen molar-refractivity contribution >= 4 is 17.7 Å². The molecule has 30 heavy (non-hydrogen) atoms. The van der Waals surface area contributed by atoms with Gasteiger partial charge in [0.2, 0.25) is 11.8 Å². The average Bonchev–Trinajstić information content (AvgIpc) is 3.50. The Morgan fingerprint density at radius 3 is 2.30 bits per heavy atom. The Hall–Kier alpha value is -2.41. The van der Waals surface area contributed by atoms with Crippen molar-refractivity contribution in [2.24, 2.45) is 5.92 Å². The third-order valence-corrected chi connectivity index (χ3v) is 6.29. The molecule has 1 saturated carbocycles. The third-order valence-electron chi connectivity index (χ3n) is 6.29. The van der Waals surface area contributed by atoms with Gasteiger partial charge < -0.3 is 15.0 Å². The topological polar surface area (TPSA) is 79.0 Å². The predicted molar refractivity (Wildman–Crippen MR) is 112 cm³/mol. The van der Waals surface area contributed by atoms with Crippen LogP contribution >= 0.6 is 0 Å². The first-order chi connectivity index (χ1) is 14.3. The van der Waals surface area contributed by atoms with Crippen LogP contribution in [0.2, 0.25) is 0 Å². The van der Waals surface area contributed by atoms with Crippen molar-refractivity contribution in [1.29, 1.82) is 0 Å². The van der Waals surface area contributed by atoms with E-state index in [2.05, 4.69) is 5.32 Å². The van der Waals surface area contributed by atoms with Gasteiger partial charge in [-0.25, -0.2) is 0 Å². The number of carbonyl (C=O) groups is 3. The maximum atomic E-state index is 13.6. The van der Waals surface area contributed by atoms with Crippen LogP contribution < -0.4 is 5.32 Å². The molecular formula is C23H31N3O4. The van der Waals surface area contributed by atoms with Crippen molar-refractivity contribution < 1.29 is 19.1 Å². The van der Waals surface area contributed by atoms with Crippen molar-refractivity contribution in [2.45, 2.75) is 64.3 Å². The zero-order chi connectivity index (χ0) is 21.5. The van der Waals surface area contributed by atoms with Gasteiger partial charge in [0.1, 0.15) is 11.8 Å². The number of rotatable bonds is 4. The van der Waals surface area contributed by atoms with Crippen LogP contribution in [0.15, 0.2) is 24.3 Å². The fraction of sp³-hybridized carbons (Fsp3) is 0.609. The number of nitrogens with zero attached hydrogens (tertiary/aromatic N) is 2. The summed E-state index contributed by atoms with van der Waals surface area (Å²) in [5.41, 5.74) is 0.769. The first kappa shape index (κ1) is 20.8. The molecule has 2 heterocycles. The van der Waals surface area contributed by atoms with E-state index in [0.717, 1.165) is 18.4 Å². The number of hydrogen-bond donors (Lipinski definition) is 1. The Morgan fingerprint density at radius 1 is 1.10 bits per heavy atom. The molecule has 2 aliphatic heterocycles. The second-order valence-corrected chi connectivity index (χ2v) is 9.08. The van der Waals surface area contributed by atoms with Crippen LogP contribution in [0, 0.1) is 12.8 Å². The van der Waals surface area contributed by atoms with Gasteiger partial charge in [0.05, 0.1) is 6.61 Å². The molecule has 1 aromatic rings. The van der Waals surface area contributed by atoms with Crippen LogP contribution in [0.25, 0.3) is 0 Å². The monoisotopic (exact) mass is 413 g/mol. The summed E-state index contributed by atoms with van der Waals surface area (Å²) >= 11 is 0. The van der Waals surface area contributed by atoms with Gasteiger partial charge in [-0.05, 0) is 45.7 Å². The molecule has 7 nitrogen and oxygen atoms in total. The lowest BCUT2D eigenvalue weighted by Gasteiger charge is -2.44. The van der Waals surface area contributed by atoms with Crippen LogP contribution in [-0.4, -0.2) is 65.0 Å². The summed E-state index contributed by atoms with van der Waals surface area (Å²) in [6, 6.07) is 6.70. The van der Waals surface area contributed by atoms with E-state index in [1.54, 1.807) is 17.0 Å². The molecule has 0 radical (unpaired) electrons. The predicted octanol–water partition coefficient (Wildman–Crippen LogP) is 2.09. The highest BCUT2D eigenvalue weighted by Gasteiger charge is 2.54. The van der Waals surface area contributed by atoms with Crippen LogP contribution in [-0.2, 0) is 14.3 Å². The van der Waals surface area contributed by atoms with Crippen LogP contribution in [0.3, 0.4) is 0 Å². The van der Waals surface area contributed by atoms with Gasteiger partial charge in [-0.3, -0.25) is 19.3 Å². The van der Waals surface area contributed by atoms with E-state index in [4.69, 9.17) is 4.74 Å². The molecule has 0 bridgehead atoms. The van der Waals surface area contributed by atoms with E-state index < -0.39 is 11.8 Å². The summed E-state index contributed by atoms with van der Waals surface area (Å²) < 4.78 is 6.19. The molecular weight excluding hydrogens is 382 g/mol. The number of carbonyl (C=O) groups excluding carboxylic acids is 3. The Labute approximate surface area is 177 Å². The molecule has 1 aromatic carbocycles. The minimum Gasteiger partial charge on any atom is -0.353 e. The number of aryl methyl sites for hydroxylation is 1. The van der Waals surface area contributed by atoms with E-state index in [1.807, 2.05) is 37.8 Å². The van der Waals surface area contributed by atoms with Gasteiger partial charge in [-0.15, -0.1) is 0 Å². The SMILES string of the molecule is Cc1ccc(C(=O)N2[C@H](C(=O)NC(C)C)COC23CCN(C(=O)C2CC2)CC3)cc1. The molecule has 3 amide bonds. The largest absolute Gasteiger partial charge is 0.353 e. The highest BCUT2D eigenvalue weighted by Crippen LogP contribution is 2.40. The third kappa shape index (κ3) is 3.95. The number of hydrogen-bond acceptors (Lipinski definition) is 4. The lowest BCUT2D eigenvalue weighted by molar-refractivity contribution is -0.144. The van der Waals surface area contributed by atoms with Crippen molar-refractivity contribution in [2.75, 3.05) is 19.7 Å². The molecule has 1 atom stereocenters. The van der Waals surface area contributed by atoms with Gasteiger partial charge in [0.25, 0.3) is 5.91 Å². The zero-order valence-electron chi connectivity index (χ0n) is 18.0. The first-order valence-electron chi connectivity index (χ1n) is 10.9. The van der Waals surface area contributed by atoms with E-state index in [9.17, 15) is 14.4 Å². The van der Waals surface area contributed by atoms with E-state index in [-0.39, 0.29) is 36.3 Å². The zero-order valence-corrected chi connectivity index (χ0v) is 18.0. The maximum absolute atomic E-state index is 13.6. The Bertz CT molecular complexity index is 823. The van der Waals surface area contributed by atoms with Gasteiger partial charge in [-0.2, -0.15) is 0 Å². The molecule has 0 aromatic heterocycles. The van der Waals surface area contributed by atoms with Gasteiger partial charge in [0.15, 0.2) is 0 Å². The summed E-state index contributed by atoms with van der Waals surface area (Å²) in [4.78, 5) is 42.5. The minimum atomic E-state index is -0.846. The number of ether oxygens (including phenoxy) is 1. The molecule has 7 heteroatoms. The van der Waals surface area contributed by atoms with Crippen LogP contribution in [0.4, 0.5) is 0 Å². The quantitative estimate of drug-likeness (QED) is 0.820. The molecule has 1 aliphatic carbocycles. The van der Waals surface area contributed by atoms with Gasteiger partial charge in [-0.1, -0.05) is 17.7 Å². The molecule has 0 unspecified atom stereocenters. The van der Waals surface area contributed by atoms with Gasteiger partial charge >= 0.3 is 0 Å². The average molecular weight is 414 g/mol. The minimum absolute atomic E-state index is 0.0246. The van der Waals surface area contributed by atoms with E-state index in [1.165, 1.54) is 0 Å². The standard InChI is InChI=1S/C23H31N3O4/c1-15(2)24-20(27)19-14-30-23(10-12-25(13-11-23)21(28)17-8-9-17)26(19)22(29)18-6-4-16(3)5-7-18/h4-7,15,17,19H,8-14H2,1-3H3,(H,24,27)/t19-/m0/s1. The Morgan fingerprint density at radius 2 is 1.73 bits per heavy atom. The molecule has 4 rings (SSSR count). The summed E-state index contributed by atoms with van der Waals surface area (Å²) in [7, 11) is 0. The number of piperidine rings is 1. The van der Waals surface area contributed by atoms with Crippen molar-refractivity contribution in [3.8, 4) is 0 Å². The number of benzene rings is 1. The fourth-order valence-corrected chi connectivity index (χ4v) is 4.45. The van der Waals surface area contributed by atoms with E-state index >= 15 is 0 Å². The Kier molecular flexibility index (Phi) is 5.57. The van der Waals surface area contributed by atoms with Crippen molar-refractivity contribution in [1.82, 2.24) is 15.1 Å². The molecule has 162 valence electrons. The number of amides is 3. The fourth-order valence-electron chi connectivity index (χ4n) is 4.45. The molecule has 3 aliphatic rings. The van der Waals surface area contributed by atoms with E-state index in [0.29, 0.717) is 31.5 Å². The van der Waals surface area contributed by atoms with Crippen LogP contribution in [0.5, 0.6) is 0 Å². The summed E-state index contributed by atoms with van der Waals surface area (Å²) in [6.45, 7) is 7.04. The number of nitrogens with one attached hydrogen (secondary N) is 1. The summed E-state index contributed by atoms with van der Waals surface area (Å²) in [5.74, 6) is 0.00367. The smallest absolute Gasteiger partial charge is 0.256 e. The van der Waals surface area contributed by atoms with Crippen molar-refractivity contribution in [3.05, 3.63) is 35.4 Å². The highest BCUT2D eigenvalue weighted by molar-refractivity contribution is 5.98. The lowest BCUT2D eigenvalue weighted by atomic mass is 9.96. The second kappa shape index (κ2) is 8.02. The molecule has 2 saturated heterocycles. The summed E-state index contributed by atoms with van der Waals surface area (Å²) in [5, 5.41) is 2.92. The van der Waals surface area contributed by atoms with Crippen molar-refractivity contribution in [3.63, 3.8) is 0 Å². The molecule has 3 fully saturated rings. The lowest BCUT2D eigenvalue weighted by Crippen LogP contribution is -2.60. The normalized spacial score (nSPS) is 23.1. The Balaban J connectivity index is 1.58. The second-order valence-electron chi connectivity index (χ2n) is 9.08. The maximum Gasteiger partial charge on any atom is 0.256 e. The highest BCUT2D eigenvalue weighted by atomic mass is 16.5. The van der Waals surface area contributed by atoms with Gasteiger partial charge in [0, 0.05) is 43.5 Å². The number of likely N-dealkylation sites (tertiary alicyclic amines) is 1. The molecule has 1 spiro atoms. The summed E-state index contributed by atoms with van der Waals surface area (Å²) in [6.07, 6.45) is 3.00. The van der Waals surface area contributed by atoms with Crippen LogP contribution in [0.1, 0.15) is 55.5 Å².